The first-order valence-corrected chi connectivity index (χ1v) is 9.73. The first-order chi connectivity index (χ1) is 11.9. The van der Waals surface area contributed by atoms with Gasteiger partial charge in [0.05, 0.1) is 17.2 Å². The van der Waals surface area contributed by atoms with Crippen molar-refractivity contribution in [1.82, 2.24) is 10.2 Å². The summed E-state index contributed by atoms with van der Waals surface area (Å²) in [7, 11) is 1.92. The average molecular weight is 340 g/mol. The summed E-state index contributed by atoms with van der Waals surface area (Å²) in [6, 6.07) is 10.6. The van der Waals surface area contributed by atoms with Crippen molar-refractivity contribution >= 4 is 6.03 Å². The van der Waals surface area contributed by atoms with Gasteiger partial charge in [0.25, 0.3) is 0 Å². The monoisotopic (exact) mass is 340 g/mol. The van der Waals surface area contributed by atoms with E-state index in [0.717, 1.165) is 19.3 Å². The molecule has 0 aromatic heterocycles. The summed E-state index contributed by atoms with van der Waals surface area (Å²) in [6.45, 7) is 2.21. The maximum Gasteiger partial charge on any atom is 0.318 e. The molecule has 1 aliphatic heterocycles. The number of carbonyl (C=O) groups is 1. The average Bonchev–Trinajstić information content (AvgIpc) is 2.79. The second kappa shape index (κ2) is 5.00. The van der Waals surface area contributed by atoms with Gasteiger partial charge >= 0.3 is 6.03 Å². The van der Waals surface area contributed by atoms with Crippen molar-refractivity contribution in [2.45, 2.75) is 56.2 Å². The number of nitrogens with zero attached hydrogens (tertiary/aromatic N) is 1. The number of urea groups is 1. The van der Waals surface area contributed by atoms with Crippen molar-refractivity contribution in [2.75, 3.05) is 7.05 Å². The third-order valence-electron chi connectivity index (χ3n) is 7.94. The Morgan fingerprint density at radius 2 is 1.76 bits per heavy atom. The van der Waals surface area contributed by atoms with Crippen LogP contribution in [0.15, 0.2) is 30.3 Å². The van der Waals surface area contributed by atoms with E-state index >= 15 is 0 Å². The molecule has 0 radical (unpaired) electrons. The Kier molecular flexibility index (Phi) is 3.14. The van der Waals surface area contributed by atoms with Crippen LogP contribution in [0.2, 0.25) is 0 Å². The smallest absolute Gasteiger partial charge is 0.318 e. The van der Waals surface area contributed by atoms with Gasteiger partial charge < -0.3 is 15.3 Å². The standard InChI is InChI=1S/C21H28N2O2/c1-20(16-6-4-3-5-7-16)18(22-19(24)23(20)2)17-14-8-13-9-15(17)12-21(25,10-13)11-14/h3-7,13-15,17-18,25H,8-12H2,1-2H3,(H,22,24). The lowest BCUT2D eigenvalue weighted by atomic mass is 9.47. The van der Waals surface area contributed by atoms with Crippen molar-refractivity contribution in [3.05, 3.63) is 35.9 Å². The van der Waals surface area contributed by atoms with Crippen LogP contribution in [0.1, 0.15) is 44.6 Å². The Hall–Kier alpha value is -1.55. The molecule has 4 bridgehead atoms. The van der Waals surface area contributed by atoms with Gasteiger partial charge in [0, 0.05) is 7.05 Å². The topological polar surface area (TPSA) is 52.6 Å². The van der Waals surface area contributed by atoms with Gasteiger partial charge in [-0.1, -0.05) is 30.3 Å². The summed E-state index contributed by atoms with van der Waals surface area (Å²) in [5.74, 6) is 2.24. The van der Waals surface area contributed by atoms with Gasteiger partial charge in [0.15, 0.2) is 0 Å². The summed E-state index contributed by atoms with van der Waals surface area (Å²) in [6.07, 6.45) is 5.30. The molecule has 4 saturated carbocycles. The summed E-state index contributed by atoms with van der Waals surface area (Å²) in [5, 5.41) is 14.3. The molecule has 6 rings (SSSR count). The molecule has 4 heteroatoms. The molecule has 1 saturated heterocycles. The van der Waals surface area contributed by atoms with Crippen LogP contribution < -0.4 is 5.32 Å². The number of carbonyl (C=O) groups excluding carboxylic acids is 1. The molecule has 4 atom stereocenters. The molecule has 134 valence electrons. The molecular formula is C21H28N2O2. The lowest BCUT2D eigenvalue weighted by Gasteiger charge is -2.60. The largest absolute Gasteiger partial charge is 0.390 e. The number of hydrogen-bond donors (Lipinski definition) is 2. The first-order valence-electron chi connectivity index (χ1n) is 9.73. The molecular weight excluding hydrogens is 312 g/mol. The lowest BCUT2D eigenvalue weighted by Crippen LogP contribution is -2.61. The quantitative estimate of drug-likeness (QED) is 0.869. The molecule has 4 nitrogen and oxygen atoms in total. The molecule has 4 unspecified atom stereocenters. The number of nitrogens with one attached hydrogen (secondary N) is 1. The normalized spacial score (nSPS) is 48.0. The summed E-state index contributed by atoms with van der Waals surface area (Å²) in [4.78, 5) is 14.5. The summed E-state index contributed by atoms with van der Waals surface area (Å²) in [5.41, 5.74) is 0.444. The van der Waals surface area contributed by atoms with E-state index in [0.29, 0.717) is 23.7 Å². The number of amides is 2. The van der Waals surface area contributed by atoms with Crippen LogP contribution in [-0.2, 0) is 5.54 Å². The second-order valence-electron chi connectivity index (χ2n) is 9.27. The Morgan fingerprint density at radius 1 is 1.12 bits per heavy atom. The number of rotatable bonds is 2. The molecule has 2 N–H and O–H groups in total. The Bertz CT molecular complexity index is 689. The predicted molar refractivity (Wildman–Crippen MR) is 95.9 cm³/mol. The molecule has 1 heterocycles. The minimum absolute atomic E-state index is 0.0314. The molecule has 1 aromatic carbocycles. The number of likely N-dealkylation sites (N-methyl/N-ethyl adjacent to an activating group) is 1. The zero-order valence-electron chi connectivity index (χ0n) is 15.1. The fourth-order valence-corrected chi connectivity index (χ4v) is 6.97. The van der Waals surface area contributed by atoms with E-state index in [4.69, 9.17) is 0 Å². The van der Waals surface area contributed by atoms with Crippen LogP contribution in [0.3, 0.4) is 0 Å². The Labute approximate surface area is 149 Å². The highest BCUT2D eigenvalue weighted by atomic mass is 16.3. The van der Waals surface area contributed by atoms with Crippen LogP contribution in [0.5, 0.6) is 0 Å². The molecule has 4 aliphatic carbocycles. The highest BCUT2D eigenvalue weighted by molar-refractivity contribution is 5.79. The van der Waals surface area contributed by atoms with E-state index in [-0.39, 0.29) is 17.6 Å². The predicted octanol–water partition coefficient (Wildman–Crippen LogP) is 3.11. The fraction of sp³-hybridized carbons (Fsp3) is 0.667. The van der Waals surface area contributed by atoms with Gasteiger partial charge in [0.1, 0.15) is 0 Å². The van der Waals surface area contributed by atoms with Crippen LogP contribution >= 0.6 is 0 Å². The van der Waals surface area contributed by atoms with E-state index in [2.05, 4.69) is 36.5 Å². The first kappa shape index (κ1) is 15.7. The van der Waals surface area contributed by atoms with Gasteiger partial charge in [-0.05, 0) is 68.3 Å². The third kappa shape index (κ3) is 2.06. The summed E-state index contributed by atoms with van der Waals surface area (Å²) >= 11 is 0. The van der Waals surface area contributed by atoms with Gasteiger partial charge in [-0.25, -0.2) is 4.79 Å². The van der Waals surface area contributed by atoms with Crippen molar-refractivity contribution in [2.24, 2.45) is 23.7 Å². The molecule has 1 aromatic rings. The van der Waals surface area contributed by atoms with Gasteiger partial charge in [-0.15, -0.1) is 0 Å². The van der Waals surface area contributed by atoms with Gasteiger partial charge in [0.2, 0.25) is 0 Å². The minimum atomic E-state index is -0.426. The van der Waals surface area contributed by atoms with E-state index in [9.17, 15) is 9.90 Å². The second-order valence-corrected chi connectivity index (χ2v) is 9.27. The fourth-order valence-electron chi connectivity index (χ4n) is 6.97. The Morgan fingerprint density at radius 3 is 2.36 bits per heavy atom. The third-order valence-corrected chi connectivity index (χ3v) is 7.94. The van der Waals surface area contributed by atoms with Crippen molar-refractivity contribution in [1.29, 1.82) is 0 Å². The SMILES string of the molecule is CN1C(=O)NC(C2C3CC4CC2CC(O)(C4)C3)C1(C)c1ccccc1. The number of hydrogen-bond acceptors (Lipinski definition) is 2. The molecule has 0 spiro atoms. The lowest BCUT2D eigenvalue weighted by molar-refractivity contribution is -0.161. The molecule has 5 aliphatic rings. The minimum Gasteiger partial charge on any atom is -0.390 e. The number of benzene rings is 1. The van der Waals surface area contributed by atoms with Crippen molar-refractivity contribution < 1.29 is 9.90 Å². The van der Waals surface area contributed by atoms with Crippen LogP contribution in [0.25, 0.3) is 0 Å². The highest BCUT2D eigenvalue weighted by Gasteiger charge is 2.61. The van der Waals surface area contributed by atoms with E-state index in [1.807, 2.05) is 18.0 Å². The van der Waals surface area contributed by atoms with E-state index < -0.39 is 5.60 Å². The van der Waals surface area contributed by atoms with Crippen LogP contribution in [-0.4, -0.2) is 34.7 Å². The van der Waals surface area contributed by atoms with E-state index in [1.165, 1.54) is 18.4 Å². The number of aliphatic hydroxyl groups is 1. The van der Waals surface area contributed by atoms with Crippen molar-refractivity contribution in [3.8, 4) is 0 Å². The van der Waals surface area contributed by atoms with Gasteiger partial charge in [-0.3, -0.25) is 0 Å². The summed E-state index contributed by atoms with van der Waals surface area (Å²) < 4.78 is 0. The van der Waals surface area contributed by atoms with Crippen LogP contribution in [0, 0.1) is 23.7 Å². The maximum absolute atomic E-state index is 12.6. The van der Waals surface area contributed by atoms with Gasteiger partial charge in [-0.2, -0.15) is 0 Å². The Balaban J connectivity index is 1.56. The highest BCUT2D eigenvalue weighted by Crippen LogP contribution is 2.61. The van der Waals surface area contributed by atoms with Crippen LogP contribution in [0.4, 0.5) is 4.79 Å². The molecule has 2 amide bonds. The van der Waals surface area contributed by atoms with Crippen molar-refractivity contribution in [3.63, 3.8) is 0 Å². The molecule has 25 heavy (non-hydrogen) atoms. The molecule has 5 fully saturated rings. The van der Waals surface area contributed by atoms with E-state index in [1.54, 1.807) is 0 Å². The zero-order valence-corrected chi connectivity index (χ0v) is 15.1. The maximum atomic E-state index is 12.6. The zero-order chi connectivity index (χ0) is 17.4.